The number of fused-ring (bicyclic) bond motifs is 1. The predicted molar refractivity (Wildman–Crippen MR) is 61.4 cm³/mol. The molecule has 1 atom stereocenters. The fourth-order valence-electron chi connectivity index (χ4n) is 1.68. The van der Waals surface area contributed by atoms with Crippen molar-refractivity contribution >= 4 is 28.9 Å². The number of carbonyl (C=O) groups excluding carboxylic acids is 1. The van der Waals surface area contributed by atoms with Crippen molar-refractivity contribution < 1.29 is 9.90 Å². The summed E-state index contributed by atoms with van der Waals surface area (Å²) in [6, 6.07) is -0.746. The second kappa shape index (κ2) is 4.70. The van der Waals surface area contributed by atoms with Gasteiger partial charge in [-0.25, -0.2) is 15.0 Å². The van der Waals surface area contributed by atoms with E-state index in [2.05, 4.69) is 15.0 Å². The van der Waals surface area contributed by atoms with Gasteiger partial charge >= 0.3 is 0 Å². The molecule has 0 aliphatic rings. The third-order valence-corrected chi connectivity index (χ3v) is 3.20. The number of carboxylic acids is 1. The summed E-state index contributed by atoms with van der Waals surface area (Å²) in [5, 5.41) is 11.8. The Morgan fingerprint density at radius 1 is 1.53 bits per heavy atom. The molecule has 0 bridgehead atoms. The molecule has 0 fully saturated rings. The van der Waals surface area contributed by atoms with E-state index in [1.807, 2.05) is 6.26 Å². The van der Waals surface area contributed by atoms with Crippen LogP contribution in [0.5, 0.6) is 0 Å². The molecular formula is C10H11N4O2S-. The molecule has 0 saturated heterocycles. The maximum absolute atomic E-state index is 11.0. The first-order valence-electron chi connectivity index (χ1n) is 5.11. The van der Waals surface area contributed by atoms with Gasteiger partial charge in [0, 0.05) is 0 Å². The van der Waals surface area contributed by atoms with E-state index in [4.69, 9.17) is 0 Å². The van der Waals surface area contributed by atoms with Crippen molar-refractivity contribution in [3.63, 3.8) is 0 Å². The van der Waals surface area contributed by atoms with Gasteiger partial charge in [0.25, 0.3) is 0 Å². The zero-order valence-electron chi connectivity index (χ0n) is 9.45. The second-order valence-electron chi connectivity index (χ2n) is 3.45. The molecule has 0 N–H and O–H groups in total. The van der Waals surface area contributed by atoms with E-state index >= 15 is 0 Å². The fraction of sp³-hybridized carbons (Fsp3) is 0.400. The number of nitrogens with zero attached hydrogens (tertiary/aromatic N) is 4. The van der Waals surface area contributed by atoms with Crippen LogP contribution in [0.2, 0.25) is 0 Å². The van der Waals surface area contributed by atoms with Crippen LogP contribution in [-0.2, 0) is 4.79 Å². The highest BCUT2D eigenvalue weighted by Crippen LogP contribution is 2.23. The van der Waals surface area contributed by atoms with Gasteiger partial charge < -0.3 is 14.5 Å². The smallest absolute Gasteiger partial charge is 0.165 e. The van der Waals surface area contributed by atoms with Crippen LogP contribution in [0.25, 0.3) is 11.2 Å². The van der Waals surface area contributed by atoms with Gasteiger partial charge in [0.1, 0.15) is 16.9 Å². The number of thioether (sulfide) groups is 1. The molecule has 0 amide bonds. The normalized spacial score (nSPS) is 12.8. The van der Waals surface area contributed by atoms with E-state index in [0.717, 1.165) is 5.03 Å². The van der Waals surface area contributed by atoms with E-state index in [1.165, 1.54) is 29.0 Å². The molecule has 2 rings (SSSR count). The number of aliphatic carboxylic acids is 1. The van der Waals surface area contributed by atoms with Crippen LogP contribution in [0.15, 0.2) is 17.7 Å². The molecule has 1 unspecified atom stereocenters. The molecule has 17 heavy (non-hydrogen) atoms. The summed E-state index contributed by atoms with van der Waals surface area (Å²) in [5.41, 5.74) is 1.15. The van der Waals surface area contributed by atoms with Gasteiger partial charge in [-0.05, 0) is 12.7 Å². The molecule has 6 nitrogen and oxygen atoms in total. The molecule has 0 spiro atoms. The van der Waals surface area contributed by atoms with Gasteiger partial charge in [0.05, 0.1) is 18.3 Å². The molecule has 0 saturated carbocycles. The first-order valence-corrected chi connectivity index (χ1v) is 6.33. The average molecular weight is 251 g/mol. The Morgan fingerprint density at radius 2 is 2.29 bits per heavy atom. The SMILES string of the molecule is CCC(C(=O)[O-])n1cnc2c(SC)ncnc21. The van der Waals surface area contributed by atoms with Crippen LogP contribution in [0, 0.1) is 0 Å². The largest absolute Gasteiger partial charge is 0.548 e. The van der Waals surface area contributed by atoms with Gasteiger partial charge in [-0.2, -0.15) is 0 Å². The average Bonchev–Trinajstić information content (AvgIpc) is 2.73. The Labute approximate surface area is 102 Å². The molecule has 2 aromatic heterocycles. The summed E-state index contributed by atoms with van der Waals surface area (Å²) in [7, 11) is 0. The standard InChI is InChI=1S/C10H12N4O2S/c1-3-6(10(15)16)14-5-13-7-8(14)11-4-12-9(7)17-2/h4-6H,3H2,1-2H3,(H,15,16)/p-1. The number of imidazole rings is 1. The first kappa shape index (κ1) is 11.8. The maximum atomic E-state index is 11.0. The first-order chi connectivity index (χ1) is 8.19. The summed E-state index contributed by atoms with van der Waals surface area (Å²) in [6.45, 7) is 1.78. The van der Waals surface area contributed by atoms with Crippen LogP contribution < -0.4 is 5.11 Å². The van der Waals surface area contributed by atoms with E-state index in [-0.39, 0.29) is 0 Å². The van der Waals surface area contributed by atoms with Crippen molar-refractivity contribution in [2.24, 2.45) is 0 Å². The molecule has 7 heteroatoms. The van der Waals surface area contributed by atoms with E-state index in [9.17, 15) is 9.90 Å². The van der Waals surface area contributed by atoms with Crippen molar-refractivity contribution in [2.75, 3.05) is 6.26 Å². The van der Waals surface area contributed by atoms with Crippen molar-refractivity contribution in [1.82, 2.24) is 19.5 Å². The lowest BCUT2D eigenvalue weighted by Crippen LogP contribution is -2.32. The van der Waals surface area contributed by atoms with E-state index in [0.29, 0.717) is 17.6 Å². The lowest BCUT2D eigenvalue weighted by atomic mass is 10.2. The minimum absolute atomic E-state index is 0.423. The third-order valence-electron chi connectivity index (χ3n) is 2.51. The number of carboxylic acid groups (broad SMARTS) is 1. The number of hydrogen-bond acceptors (Lipinski definition) is 6. The molecule has 0 aliphatic heterocycles. The van der Waals surface area contributed by atoms with Crippen molar-refractivity contribution in [1.29, 1.82) is 0 Å². The summed E-state index contributed by atoms with van der Waals surface area (Å²) < 4.78 is 1.52. The van der Waals surface area contributed by atoms with Crippen LogP contribution in [0.4, 0.5) is 0 Å². The number of aromatic nitrogens is 4. The third kappa shape index (κ3) is 1.97. The lowest BCUT2D eigenvalue weighted by molar-refractivity contribution is -0.310. The summed E-state index contributed by atoms with van der Waals surface area (Å²) in [5.74, 6) is -1.13. The molecule has 2 aromatic rings. The summed E-state index contributed by atoms with van der Waals surface area (Å²) in [6.07, 6.45) is 5.20. The van der Waals surface area contributed by atoms with Crippen LogP contribution >= 0.6 is 11.8 Å². The highest BCUT2D eigenvalue weighted by molar-refractivity contribution is 7.98. The lowest BCUT2D eigenvalue weighted by Gasteiger charge is -2.17. The Balaban J connectivity index is 2.60. The summed E-state index contributed by atoms with van der Waals surface area (Å²) >= 11 is 1.45. The van der Waals surface area contributed by atoms with Crippen LogP contribution in [-0.4, -0.2) is 31.7 Å². The fourth-order valence-corrected chi connectivity index (χ4v) is 2.17. The van der Waals surface area contributed by atoms with Crippen LogP contribution in [0.3, 0.4) is 0 Å². The van der Waals surface area contributed by atoms with Crippen molar-refractivity contribution in [2.45, 2.75) is 24.4 Å². The van der Waals surface area contributed by atoms with E-state index < -0.39 is 12.0 Å². The highest BCUT2D eigenvalue weighted by Gasteiger charge is 2.16. The highest BCUT2D eigenvalue weighted by atomic mass is 32.2. The van der Waals surface area contributed by atoms with Gasteiger partial charge in [-0.3, -0.25) is 0 Å². The predicted octanol–water partition coefficient (Wildman–Crippen LogP) is 0.249. The van der Waals surface area contributed by atoms with E-state index in [1.54, 1.807) is 6.92 Å². The molecule has 0 aromatic carbocycles. The quantitative estimate of drug-likeness (QED) is 0.572. The Kier molecular flexibility index (Phi) is 3.28. The molecule has 2 heterocycles. The topological polar surface area (TPSA) is 83.7 Å². The number of rotatable bonds is 4. The van der Waals surface area contributed by atoms with Crippen molar-refractivity contribution in [3.8, 4) is 0 Å². The number of hydrogen-bond donors (Lipinski definition) is 0. The Morgan fingerprint density at radius 3 is 2.88 bits per heavy atom. The Bertz CT molecular complexity index is 554. The minimum Gasteiger partial charge on any atom is -0.548 e. The van der Waals surface area contributed by atoms with Gasteiger partial charge in [-0.1, -0.05) is 6.92 Å². The maximum Gasteiger partial charge on any atom is 0.165 e. The molecule has 0 aliphatic carbocycles. The van der Waals surface area contributed by atoms with Gasteiger partial charge in [0.15, 0.2) is 5.65 Å². The minimum atomic E-state index is -1.13. The number of carbonyl (C=O) groups is 1. The molecule has 90 valence electrons. The molecular weight excluding hydrogens is 240 g/mol. The monoisotopic (exact) mass is 251 g/mol. The van der Waals surface area contributed by atoms with Gasteiger partial charge in [0.2, 0.25) is 0 Å². The zero-order valence-corrected chi connectivity index (χ0v) is 10.3. The van der Waals surface area contributed by atoms with Gasteiger partial charge in [-0.15, -0.1) is 11.8 Å². The van der Waals surface area contributed by atoms with Crippen molar-refractivity contribution in [3.05, 3.63) is 12.7 Å². The zero-order chi connectivity index (χ0) is 12.4. The van der Waals surface area contributed by atoms with Crippen LogP contribution in [0.1, 0.15) is 19.4 Å². The molecule has 0 radical (unpaired) electrons. The second-order valence-corrected chi connectivity index (χ2v) is 4.25. The Hall–Kier alpha value is -1.63. The summed E-state index contributed by atoms with van der Waals surface area (Å²) in [4.78, 5) is 23.4.